The van der Waals surface area contributed by atoms with Crippen molar-refractivity contribution in [1.82, 2.24) is 0 Å². The lowest BCUT2D eigenvalue weighted by atomic mass is 10.0. The number of hydrogen-bond donors (Lipinski definition) is 0. The molecule has 6 nitrogen and oxygen atoms in total. The Bertz CT molecular complexity index is 1660. The van der Waals surface area contributed by atoms with Crippen LogP contribution in [0.4, 0.5) is 0 Å². The van der Waals surface area contributed by atoms with Gasteiger partial charge in [-0.1, -0.05) is 342 Å². The molecule has 0 bridgehead atoms. The summed E-state index contributed by atoms with van der Waals surface area (Å²) in [6.07, 6.45) is 96.8. The van der Waals surface area contributed by atoms with E-state index in [1.807, 2.05) is 0 Å². The lowest BCUT2D eigenvalue weighted by molar-refractivity contribution is -0.167. The van der Waals surface area contributed by atoms with Gasteiger partial charge in [-0.25, -0.2) is 0 Å². The van der Waals surface area contributed by atoms with E-state index in [-0.39, 0.29) is 31.1 Å². The summed E-state index contributed by atoms with van der Waals surface area (Å²) in [6, 6.07) is 0. The monoisotopic (exact) mass is 1150 g/mol. The molecule has 0 aliphatic carbocycles. The summed E-state index contributed by atoms with van der Waals surface area (Å²) in [4.78, 5) is 38.4. The summed E-state index contributed by atoms with van der Waals surface area (Å²) in [5, 5.41) is 0. The highest BCUT2D eigenvalue weighted by Crippen LogP contribution is 2.17. The molecule has 0 saturated carbocycles. The Morgan fingerprint density at radius 1 is 0.253 bits per heavy atom. The third kappa shape index (κ3) is 68.7. The van der Waals surface area contributed by atoms with Gasteiger partial charge in [-0.15, -0.1) is 0 Å². The molecule has 476 valence electrons. The van der Waals surface area contributed by atoms with Crippen LogP contribution in [0.15, 0.2) is 109 Å². The van der Waals surface area contributed by atoms with Gasteiger partial charge in [0.2, 0.25) is 0 Å². The molecule has 0 aromatic heterocycles. The summed E-state index contributed by atoms with van der Waals surface area (Å²) >= 11 is 0. The van der Waals surface area contributed by atoms with Crippen LogP contribution in [0.5, 0.6) is 0 Å². The molecule has 0 rings (SSSR count). The van der Waals surface area contributed by atoms with Crippen LogP contribution in [-0.4, -0.2) is 37.2 Å². The van der Waals surface area contributed by atoms with Gasteiger partial charge in [0.05, 0.1) is 0 Å². The molecule has 0 N–H and O–H groups in total. The fraction of sp³-hybridized carbons (Fsp3) is 0.727. The first kappa shape index (κ1) is 79.1. The number of unbranched alkanes of at least 4 members (excludes halogenated alkanes) is 35. The second-order valence-electron chi connectivity index (χ2n) is 23.4. The molecule has 6 heteroatoms. The lowest BCUT2D eigenvalue weighted by Crippen LogP contribution is -2.30. The predicted octanol–water partition coefficient (Wildman–Crippen LogP) is 24.6. The second-order valence-corrected chi connectivity index (χ2v) is 23.4. The smallest absolute Gasteiger partial charge is 0.306 e. The van der Waals surface area contributed by atoms with E-state index in [1.54, 1.807) is 0 Å². The number of carbonyl (C=O) groups is 3. The Kier molecular flexibility index (Phi) is 67.2. The van der Waals surface area contributed by atoms with Crippen molar-refractivity contribution in [2.24, 2.45) is 0 Å². The normalized spacial score (nSPS) is 12.8. The van der Waals surface area contributed by atoms with Gasteiger partial charge < -0.3 is 14.2 Å². The summed E-state index contributed by atoms with van der Waals surface area (Å²) in [7, 11) is 0. The molecule has 0 spiro atoms. The zero-order chi connectivity index (χ0) is 59.9. The third-order valence-corrected chi connectivity index (χ3v) is 15.3. The highest BCUT2D eigenvalue weighted by atomic mass is 16.6. The molecule has 83 heavy (non-hydrogen) atoms. The molecular weight excluding hydrogens is 1020 g/mol. The molecule has 0 aliphatic heterocycles. The zero-order valence-corrected chi connectivity index (χ0v) is 54.7. The van der Waals surface area contributed by atoms with Crippen LogP contribution in [0.2, 0.25) is 0 Å². The molecule has 0 radical (unpaired) electrons. The Morgan fingerprint density at radius 3 is 0.735 bits per heavy atom. The maximum atomic E-state index is 12.9. The van der Waals surface area contributed by atoms with Crippen molar-refractivity contribution < 1.29 is 28.6 Å². The van der Waals surface area contributed by atoms with E-state index in [0.29, 0.717) is 19.3 Å². The minimum absolute atomic E-state index is 0.0793. The Labute approximate surface area is 514 Å². The molecule has 1 unspecified atom stereocenters. The van der Waals surface area contributed by atoms with Gasteiger partial charge in [0, 0.05) is 19.3 Å². The Morgan fingerprint density at radius 2 is 0.470 bits per heavy atom. The number of allylic oxidation sites excluding steroid dienone is 18. The number of carbonyl (C=O) groups excluding carboxylic acids is 3. The van der Waals surface area contributed by atoms with E-state index in [0.717, 1.165) is 135 Å². The van der Waals surface area contributed by atoms with Gasteiger partial charge >= 0.3 is 17.9 Å². The van der Waals surface area contributed by atoms with Gasteiger partial charge in [0.25, 0.3) is 0 Å². The minimum Gasteiger partial charge on any atom is -0.462 e. The van der Waals surface area contributed by atoms with Crippen molar-refractivity contribution >= 4 is 17.9 Å². The summed E-state index contributed by atoms with van der Waals surface area (Å²) in [5.41, 5.74) is 0. The maximum Gasteiger partial charge on any atom is 0.306 e. The van der Waals surface area contributed by atoms with Gasteiger partial charge in [-0.2, -0.15) is 0 Å². The molecule has 0 saturated heterocycles. The van der Waals surface area contributed by atoms with Gasteiger partial charge in [-0.05, 0) is 89.9 Å². The van der Waals surface area contributed by atoms with E-state index in [9.17, 15) is 14.4 Å². The van der Waals surface area contributed by atoms with Crippen LogP contribution in [-0.2, 0) is 28.6 Å². The van der Waals surface area contributed by atoms with Crippen molar-refractivity contribution in [2.75, 3.05) is 13.2 Å². The van der Waals surface area contributed by atoms with Crippen LogP contribution in [0.25, 0.3) is 0 Å². The molecule has 0 amide bonds. The van der Waals surface area contributed by atoms with Crippen molar-refractivity contribution in [3.8, 4) is 0 Å². The first-order chi connectivity index (χ1) is 41.0. The van der Waals surface area contributed by atoms with Crippen molar-refractivity contribution in [3.05, 3.63) is 109 Å². The quantitative estimate of drug-likeness (QED) is 0.0261. The Balaban J connectivity index is 4.32. The van der Waals surface area contributed by atoms with Crippen LogP contribution in [0, 0.1) is 0 Å². The lowest BCUT2D eigenvalue weighted by Gasteiger charge is -2.18. The SMILES string of the molecule is CC/C=C\C/C=C\C/C=C\C/C=C\C/C=C\C/C=C\C/C=C\C/C=C\C/C=C\CCCCCCCC(=O)OCC(COC(=O)CCCCCCCCCCCCCCCCCC)OC(=O)CCCCCCCCCCCCCCCCCC. The molecule has 0 aliphatic rings. The average molecular weight is 1150 g/mol. The minimum atomic E-state index is -0.785. The highest BCUT2D eigenvalue weighted by molar-refractivity contribution is 5.71. The van der Waals surface area contributed by atoms with Gasteiger partial charge in [-0.3, -0.25) is 14.4 Å². The van der Waals surface area contributed by atoms with Crippen molar-refractivity contribution in [1.29, 1.82) is 0 Å². The fourth-order valence-corrected chi connectivity index (χ4v) is 10.0. The number of ether oxygens (including phenoxy) is 3. The largest absolute Gasteiger partial charge is 0.462 e. The van der Waals surface area contributed by atoms with Gasteiger partial charge in [0.1, 0.15) is 13.2 Å². The fourth-order valence-electron chi connectivity index (χ4n) is 10.0. The van der Waals surface area contributed by atoms with E-state index < -0.39 is 6.10 Å². The number of hydrogen-bond acceptors (Lipinski definition) is 6. The Hall–Kier alpha value is -3.93. The third-order valence-electron chi connectivity index (χ3n) is 15.3. The van der Waals surface area contributed by atoms with Crippen LogP contribution in [0.1, 0.15) is 342 Å². The first-order valence-electron chi connectivity index (χ1n) is 35.4. The van der Waals surface area contributed by atoms with Crippen molar-refractivity contribution in [2.45, 2.75) is 348 Å². The molecule has 0 aromatic carbocycles. The number of esters is 3. The predicted molar refractivity (Wildman–Crippen MR) is 362 cm³/mol. The molecule has 0 heterocycles. The van der Waals surface area contributed by atoms with Crippen LogP contribution >= 0.6 is 0 Å². The average Bonchev–Trinajstić information content (AvgIpc) is 3.49. The van der Waals surface area contributed by atoms with E-state index in [4.69, 9.17) is 14.2 Å². The summed E-state index contributed by atoms with van der Waals surface area (Å²) < 4.78 is 17.0. The number of rotatable bonds is 64. The van der Waals surface area contributed by atoms with Crippen LogP contribution < -0.4 is 0 Å². The van der Waals surface area contributed by atoms with Crippen LogP contribution in [0.3, 0.4) is 0 Å². The van der Waals surface area contributed by atoms with E-state index >= 15 is 0 Å². The maximum absolute atomic E-state index is 12.9. The van der Waals surface area contributed by atoms with Gasteiger partial charge in [0.15, 0.2) is 6.10 Å². The second kappa shape index (κ2) is 70.6. The zero-order valence-electron chi connectivity index (χ0n) is 54.7. The van der Waals surface area contributed by atoms with E-state index in [1.165, 1.54) is 167 Å². The molecule has 0 fully saturated rings. The first-order valence-corrected chi connectivity index (χ1v) is 35.4. The standard InChI is InChI=1S/C77H132O6/c1-4-7-10-13-16-19-22-25-28-31-32-33-34-35-36-37-38-39-40-41-42-43-44-45-46-47-50-52-55-58-61-64-67-70-76(79)82-73-74(83-77(80)71-68-65-62-59-56-53-49-30-27-24-21-18-15-12-9-6-3)72-81-75(78)69-66-63-60-57-54-51-48-29-26-23-20-17-14-11-8-5-2/h7,10,16,19,25,28,32-33,35-36,38-39,41-42,44-45,47,50,74H,4-6,8-9,11-15,17-18,20-24,26-27,29-31,34,37,40,43,46,48-49,51-73H2,1-3H3/b10-7-,19-16-,28-25-,33-32-,36-35-,39-38-,42-41-,45-44-,50-47-. The van der Waals surface area contributed by atoms with Crippen molar-refractivity contribution in [3.63, 3.8) is 0 Å². The summed E-state index contributed by atoms with van der Waals surface area (Å²) in [6.45, 7) is 6.56. The molecular formula is C77H132O6. The summed E-state index contributed by atoms with van der Waals surface area (Å²) in [5.74, 6) is -0.881. The topological polar surface area (TPSA) is 78.9 Å². The molecule has 1 atom stereocenters. The molecule has 0 aromatic rings. The van der Waals surface area contributed by atoms with E-state index in [2.05, 4.69) is 130 Å². The highest BCUT2D eigenvalue weighted by Gasteiger charge is 2.19.